The van der Waals surface area contributed by atoms with Crippen LogP contribution < -0.4 is 4.90 Å². The highest BCUT2D eigenvalue weighted by Gasteiger charge is 2.23. The van der Waals surface area contributed by atoms with E-state index in [9.17, 15) is 4.79 Å². The predicted octanol–water partition coefficient (Wildman–Crippen LogP) is 5.85. The van der Waals surface area contributed by atoms with Crippen LogP contribution >= 0.6 is 23.4 Å². The molecule has 29 heavy (non-hydrogen) atoms. The zero-order valence-electron chi connectivity index (χ0n) is 17.7. The van der Waals surface area contributed by atoms with Gasteiger partial charge in [-0.2, -0.15) is 21.5 Å². The highest BCUT2D eigenvalue weighted by molar-refractivity contribution is 7.99. The molecule has 0 bridgehead atoms. The van der Waals surface area contributed by atoms with E-state index < -0.39 is 0 Å². The van der Waals surface area contributed by atoms with Crippen LogP contribution in [0.25, 0.3) is 0 Å². The van der Waals surface area contributed by atoms with E-state index in [4.69, 9.17) is 11.6 Å². The molecule has 0 saturated carbocycles. The molecule has 0 unspecified atom stereocenters. The number of carbonyl (C=O) groups excluding carboxylic acids is 1. The summed E-state index contributed by atoms with van der Waals surface area (Å²) < 4.78 is 1.32. The smallest absolute Gasteiger partial charge is 0.275 e. The Hall–Kier alpha value is -1.60. The summed E-state index contributed by atoms with van der Waals surface area (Å²) in [6, 6.07) is 1.48. The molecule has 2 aromatic heterocycles. The number of rotatable bonds is 12. The average molecular weight is 438 g/mol. The summed E-state index contributed by atoms with van der Waals surface area (Å²) in [5, 5.41) is 5.23. The molecule has 2 heterocycles. The van der Waals surface area contributed by atoms with E-state index in [1.54, 1.807) is 23.4 Å². The second-order valence-corrected chi connectivity index (χ2v) is 9.30. The molecule has 0 saturated heterocycles. The van der Waals surface area contributed by atoms with Crippen LogP contribution in [0.5, 0.6) is 0 Å². The molecule has 1 amide bonds. The first-order valence-corrected chi connectivity index (χ1v) is 11.9. The Morgan fingerprint density at radius 2 is 1.90 bits per heavy atom. The zero-order valence-corrected chi connectivity index (χ0v) is 19.3. The highest BCUT2D eigenvalue weighted by atomic mass is 35.5. The summed E-state index contributed by atoms with van der Waals surface area (Å²) in [7, 11) is 0. The van der Waals surface area contributed by atoms with Gasteiger partial charge < -0.3 is 0 Å². The molecule has 0 aliphatic carbocycles. The monoisotopic (exact) mass is 437 g/mol. The van der Waals surface area contributed by atoms with Crippen LogP contribution in [0.15, 0.2) is 24.8 Å². The van der Waals surface area contributed by atoms with Crippen molar-refractivity contribution in [3.05, 3.63) is 35.5 Å². The summed E-state index contributed by atoms with van der Waals surface area (Å²) in [4.78, 5) is 23.1. The number of aryl methyl sites for hydroxylation is 1. The number of aromatic nitrogens is 4. The molecule has 0 aliphatic heterocycles. The number of anilines is 1. The van der Waals surface area contributed by atoms with Gasteiger partial charge in [-0.1, -0.05) is 58.1 Å². The minimum Gasteiger partial charge on any atom is -0.275 e. The van der Waals surface area contributed by atoms with Gasteiger partial charge in [-0.3, -0.25) is 4.90 Å². The van der Waals surface area contributed by atoms with Crippen molar-refractivity contribution in [1.82, 2.24) is 19.7 Å². The van der Waals surface area contributed by atoms with Crippen molar-refractivity contribution in [1.29, 1.82) is 0 Å². The summed E-state index contributed by atoms with van der Waals surface area (Å²) >= 11 is 8.52. The number of carbonyl (C=O) groups is 1. The van der Waals surface area contributed by atoms with Crippen molar-refractivity contribution < 1.29 is 4.79 Å². The van der Waals surface area contributed by atoms with Gasteiger partial charge in [0.15, 0.2) is 5.82 Å². The second kappa shape index (κ2) is 12.9. The number of nitrogens with zero attached hydrogens (tertiary/aromatic N) is 5. The second-order valence-electron chi connectivity index (χ2n) is 7.24. The van der Waals surface area contributed by atoms with Gasteiger partial charge in [0.05, 0.1) is 5.69 Å². The Morgan fingerprint density at radius 3 is 2.55 bits per heavy atom. The molecule has 0 fully saturated rings. The molecule has 8 heteroatoms. The molecule has 2 rings (SSSR count). The fraction of sp³-hybridized carbons (Fsp3) is 0.619. The number of hydrogen-bond donors (Lipinski definition) is 0. The Labute approximate surface area is 183 Å². The molecular formula is C21H32ClN5OS. The van der Waals surface area contributed by atoms with Crippen molar-refractivity contribution in [2.45, 2.75) is 71.0 Å². The number of halogens is 1. The zero-order chi connectivity index (χ0) is 21.1. The normalized spacial score (nSPS) is 11.2. The molecule has 0 aliphatic rings. The van der Waals surface area contributed by atoms with Gasteiger partial charge in [0.25, 0.3) is 0 Å². The van der Waals surface area contributed by atoms with E-state index in [2.05, 4.69) is 28.9 Å². The molecule has 0 aromatic carbocycles. The van der Waals surface area contributed by atoms with Crippen molar-refractivity contribution in [3.63, 3.8) is 0 Å². The first kappa shape index (κ1) is 23.7. The number of hydrogen-bond acceptors (Lipinski definition) is 5. The maximum absolute atomic E-state index is 13.0. The largest absolute Gasteiger partial charge is 0.350 e. The number of amides is 1. The molecule has 0 radical (unpaired) electrons. The molecule has 6 nitrogen and oxygen atoms in total. The fourth-order valence-corrected chi connectivity index (χ4v) is 4.20. The van der Waals surface area contributed by atoms with Crippen LogP contribution in [0.2, 0.25) is 5.02 Å². The lowest BCUT2D eigenvalue weighted by Crippen LogP contribution is -2.37. The van der Waals surface area contributed by atoms with Gasteiger partial charge in [-0.05, 0) is 36.3 Å². The van der Waals surface area contributed by atoms with Gasteiger partial charge >= 0.3 is 6.03 Å². The lowest BCUT2D eigenvalue weighted by molar-refractivity contribution is 0.244. The molecule has 0 N–H and O–H groups in total. The maximum Gasteiger partial charge on any atom is 0.350 e. The van der Waals surface area contributed by atoms with Crippen LogP contribution in [0.1, 0.15) is 65.0 Å². The summed E-state index contributed by atoms with van der Waals surface area (Å²) in [6.45, 7) is 7.03. The van der Waals surface area contributed by atoms with Crippen LogP contribution in [0.3, 0.4) is 0 Å². The number of thioether (sulfide) groups is 1. The minimum absolute atomic E-state index is 0.247. The third kappa shape index (κ3) is 7.63. The summed E-state index contributed by atoms with van der Waals surface area (Å²) in [5.74, 6) is 1.71. The van der Waals surface area contributed by atoms with E-state index >= 15 is 0 Å². The molecule has 160 valence electrons. The summed E-state index contributed by atoms with van der Waals surface area (Å²) in [6.07, 6.45) is 12.3. The Kier molecular flexibility index (Phi) is 10.5. The van der Waals surface area contributed by atoms with Crippen molar-refractivity contribution in [2.24, 2.45) is 0 Å². The van der Waals surface area contributed by atoms with E-state index in [1.807, 2.05) is 18.7 Å². The predicted molar refractivity (Wildman–Crippen MR) is 122 cm³/mol. The Balaban J connectivity index is 1.90. The molecule has 0 atom stereocenters. The van der Waals surface area contributed by atoms with E-state index in [0.29, 0.717) is 23.8 Å². The van der Waals surface area contributed by atoms with Crippen molar-refractivity contribution in [2.75, 3.05) is 17.2 Å². The van der Waals surface area contributed by atoms with Crippen molar-refractivity contribution in [3.8, 4) is 0 Å². The SMILES string of the molecule is CCc1ncnc(N(CCCCCCCCSC(C)C)C(=O)n2cccn2)c1Cl. The van der Waals surface area contributed by atoms with Gasteiger partial charge in [0, 0.05) is 18.9 Å². The molecule has 0 spiro atoms. The van der Waals surface area contributed by atoms with E-state index in [0.717, 1.165) is 23.8 Å². The first-order chi connectivity index (χ1) is 14.0. The van der Waals surface area contributed by atoms with Crippen LogP contribution in [-0.2, 0) is 6.42 Å². The van der Waals surface area contributed by atoms with E-state index in [-0.39, 0.29) is 6.03 Å². The first-order valence-electron chi connectivity index (χ1n) is 10.5. The Morgan fingerprint density at radius 1 is 1.17 bits per heavy atom. The Bertz CT molecular complexity index is 739. The van der Waals surface area contributed by atoms with Crippen LogP contribution in [0.4, 0.5) is 10.6 Å². The van der Waals surface area contributed by atoms with Gasteiger partial charge in [-0.25, -0.2) is 14.8 Å². The third-order valence-corrected chi connectivity index (χ3v) is 6.17. The van der Waals surface area contributed by atoms with Crippen LogP contribution in [-0.4, -0.2) is 43.3 Å². The average Bonchev–Trinajstić information content (AvgIpc) is 3.24. The maximum atomic E-state index is 13.0. The standard InChI is InChI=1S/C21H32ClN5OS/c1-4-18-19(22)20(24-16-23-18)26(21(28)27-14-11-12-25-27)13-9-7-5-6-8-10-15-29-17(2)3/h11-12,14,16-17H,4-10,13,15H2,1-3H3. The van der Waals surface area contributed by atoms with Crippen LogP contribution in [0, 0.1) is 0 Å². The molecule has 2 aromatic rings. The van der Waals surface area contributed by atoms with Crippen molar-refractivity contribution >= 4 is 35.2 Å². The summed E-state index contributed by atoms with van der Waals surface area (Å²) in [5.41, 5.74) is 0.745. The quantitative estimate of drug-likeness (QED) is 0.390. The minimum atomic E-state index is -0.247. The van der Waals surface area contributed by atoms with Gasteiger partial charge in [0.1, 0.15) is 11.3 Å². The third-order valence-electron chi connectivity index (χ3n) is 4.59. The lowest BCUT2D eigenvalue weighted by Gasteiger charge is -2.22. The van der Waals surface area contributed by atoms with E-state index in [1.165, 1.54) is 42.4 Å². The molecular weight excluding hydrogens is 406 g/mol. The number of unbranched alkanes of at least 4 members (excludes halogenated alkanes) is 5. The topological polar surface area (TPSA) is 63.9 Å². The lowest BCUT2D eigenvalue weighted by atomic mass is 10.1. The van der Waals surface area contributed by atoms with Gasteiger partial charge in [-0.15, -0.1) is 0 Å². The highest BCUT2D eigenvalue weighted by Crippen LogP contribution is 2.27. The fourth-order valence-electron chi connectivity index (χ4n) is 3.03. The van der Waals surface area contributed by atoms with Gasteiger partial charge in [0.2, 0.25) is 0 Å².